The highest BCUT2D eigenvalue weighted by atomic mass is 35.5. The van der Waals surface area contributed by atoms with Gasteiger partial charge in [-0.3, -0.25) is 4.79 Å². The molecule has 1 N–H and O–H groups in total. The Morgan fingerprint density at radius 3 is 2.68 bits per heavy atom. The lowest BCUT2D eigenvalue weighted by atomic mass is 10.0. The molecule has 7 nitrogen and oxygen atoms in total. The number of pyridine rings is 1. The number of aromatic nitrogens is 5. The Hall–Kier alpha value is -2.80. The van der Waals surface area contributed by atoms with E-state index in [1.54, 1.807) is 18.3 Å². The fraction of sp³-hybridized carbons (Fsp3) is 0.235. The molecule has 3 aromatic rings. The third-order valence-corrected chi connectivity index (χ3v) is 3.91. The number of amides is 1. The first kappa shape index (κ1) is 17.0. The molecule has 3 rings (SSSR count). The van der Waals surface area contributed by atoms with E-state index >= 15 is 0 Å². The summed E-state index contributed by atoms with van der Waals surface area (Å²) in [5.41, 5.74) is 2.54. The minimum absolute atomic E-state index is 0.0672. The Balaban J connectivity index is 1.67. The summed E-state index contributed by atoms with van der Waals surface area (Å²) in [6.45, 7) is 4.20. The first-order valence-corrected chi connectivity index (χ1v) is 8.19. The van der Waals surface area contributed by atoms with Crippen LogP contribution < -0.4 is 5.32 Å². The summed E-state index contributed by atoms with van der Waals surface area (Å²) >= 11 is 5.91. The number of carbonyl (C=O) groups is 1. The van der Waals surface area contributed by atoms with Crippen molar-refractivity contribution in [1.29, 1.82) is 0 Å². The largest absolute Gasteiger partial charge is 0.322 e. The van der Waals surface area contributed by atoms with Gasteiger partial charge in [-0.2, -0.15) is 4.80 Å². The number of nitrogens with one attached hydrogen (secondary N) is 1. The Bertz CT molecular complexity index is 875. The number of rotatable bonds is 5. The Morgan fingerprint density at radius 1 is 1.24 bits per heavy atom. The van der Waals surface area contributed by atoms with Gasteiger partial charge in [0.2, 0.25) is 11.7 Å². The molecule has 0 unspecified atom stereocenters. The second-order valence-corrected chi connectivity index (χ2v) is 6.17. The minimum Gasteiger partial charge on any atom is -0.322 e. The number of benzene rings is 1. The van der Waals surface area contributed by atoms with Crippen LogP contribution >= 0.6 is 11.6 Å². The number of nitrogens with zero attached hydrogens (tertiary/aromatic N) is 5. The lowest BCUT2D eigenvalue weighted by Gasteiger charge is -2.05. The topological polar surface area (TPSA) is 85.6 Å². The zero-order chi connectivity index (χ0) is 17.8. The number of tetrazole rings is 1. The summed E-state index contributed by atoms with van der Waals surface area (Å²) < 4.78 is 0. The number of carbonyl (C=O) groups excluding carboxylic acids is 1. The van der Waals surface area contributed by atoms with E-state index in [-0.39, 0.29) is 17.6 Å². The van der Waals surface area contributed by atoms with Crippen molar-refractivity contribution in [3.63, 3.8) is 0 Å². The van der Waals surface area contributed by atoms with Crippen LogP contribution in [0.1, 0.15) is 25.3 Å². The maximum Gasteiger partial charge on any atom is 0.248 e. The molecular weight excluding hydrogens is 340 g/mol. The SMILES string of the molecule is CC(C)c1ccc(-c2nnn(CC(=O)Nc3cccnc3Cl)n2)cc1. The van der Waals surface area contributed by atoms with Gasteiger partial charge in [-0.25, -0.2) is 4.98 Å². The molecule has 0 atom stereocenters. The Kier molecular flexibility index (Phi) is 5.04. The van der Waals surface area contributed by atoms with E-state index in [9.17, 15) is 4.79 Å². The predicted octanol–water partition coefficient (Wildman–Crippen LogP) is 3.15. The van der Waals surface area contributed by atoms with E-state index in [2.05, 4.69) is 39.6 Å². The van der Waals surface area contributed by atoms with E-state index in [0.717, 1.165) is 5.56 Å². The highest BCUT2D eigenvalue weighted by Gasteiger charge is 2.11. The average molecular weight is 357 g/mol. The second kappa shape index (κ2) is 7.40. The lowest BCUT2D eigenvalue weighted by Crippen LogP contribution is -2.20. The van der Waals surface area contributed by atoms with E-state index in [4.69, 9.17) is 11.6 Å². The molecule has 0 saturated heterocycles. The summed E-state index contributed by atoms with van der Waals surface area (Å²) in [5.74, 6) is 0.622. The quantitative estimate of drug-likeness (QED) is 0.710. The van der Waals surface area contributed by atoms with Gasteiger partial charge in [0, 0.05) is 11.8 Å². The van der Waals surface area contributed by atoms with Gasteiger partial charge in [0.15, 0.2) is 5.15 Å². The van der Waals surface area contributed by atoms with Crippen molar-refractivity contribution in [2.24, 2.45) is 0 Å². The molecule has 0 spiro atoms. The van der Waals surface area contributed by atoms with Crippen molar-refractivity contribution in [2.45, 2.75) is 26.3 Å². The highest BCUT2D eigenvalue weighted by molar-refractivity contribution is 6.32. The number of halogens is 1. The molecule has 0 bridgehead atoms. The minimum atomic E-state index is -0.311. The molecule has 25 heavy (non-hydrogen) atoms. The molecule has 1 aromatic carbocycles. The maximum absolute atomic E-state index is 12.1. The number of hydrogen-bond acceptors (Lipinski definition) is 5. The van der Waals surface area contributed by atoms with Crippen molar-refractivity contribution in [3.8, 4) is 11.4 Å². The number of hydrogen-bond donors (Lipinski definition) is 1. The summed E-state index contributed by atoms with van der Waals surface area (Å²) in [5, 5.41) is 15.1. The molecule has 0 radical (unpaired) electrons. The van der Waals surface area contributed by atoms with E-state index in [0.29, 0.717) is 17.4 Å². The van der Waals surface area contributed by atoms with Gasteiger partial charge in [0.1, 0.15) is 6.54 Å². The summed E-state index contributed by atoms with van der Waals surface area (Å²) in [4.78, 5) is 17.2. The van der Waals surface area contributed by atoms with Crippen molar-refractivity contribution in [2.75, 3.05) is 5.32 Å². The molecule has 0 aliphatic heterocycles. The lowest BCUT2D eigenvalue weighted by molar-refractivity contribution is -0.117. The first-order chi connectivity index (χ1) is 12.0. The normalized spacial score (nSPS) is 10.9. The predicted molar refractivity (Wildman–Crippen MR) is 95.2 cm³/mol. The average Bonchev–Trinajstić information content (AvgIpc) is 3.05. The van der Waals surface area contributed by atoms with Crippen LogP contribution in [-0.4, -0.2) is 31.1 Å². The molecular formula is C17H17ClN6O. The van der Waals surface area contributed by atoms with Gasteiger partial charge in [-0.05, 0) is 28.8 Å². The molecule has 0 saturated carbocycles. The summed E-state index contributed by atoms with van der Waals surface area (Å²) in [7, 11) is 0. The third kappa shape index (κ3) is 4.19. The zero-order valence-corrected chi connectivity index (χ0v) is 14.6. The third-order valence-electron chi connectivity index (χ3n) is 3.61. The van der Waals surface area contributed by atoms with E-state index < -0.39 is 0 Å². The van der Waals surface area contributed by atoms with Crippen LogP contribution in [0.5, 0.6) is 0 Å². The van der Waals surface area contributed by atoms with Gasteiger partial charge in [-0.1, -0.05) is 49.7 Å². The highest BCUT2D eigenvalue weighted by Crippen LogP contribution is 2.20. The molecule has 0 aliphatic carbocycles. The zero-order valence-electron chi connectivity index (χ0n) is 13.8. The number of anilines is 1. The standard InChI is InChI=1S/C17H17ClN6O/c1-11(2)12-5-7-13(8-6-12)17-21-23-24(22-17)10-15(25)20-14-4-3-9-19-16(14)18/h3-9,11H,10H2,1-2H3,(H,20,25). The fourth-order valence-corrected chi connectivity index (χ4v) is 2.41. The maximum atomic E-state index is 12.1. The van der Waals surface area contributed by atoms with Gasteiger partial charge < -0.3 is 5.32 Å². The van der Waals surface area contributed by atoms with Crippen LogP contribution in [0, 0.1) is 0 Å². The Labute approximate surface area is 150 Å². The van der Waals surface area contributed by atoms with Crippen LogP contribution in [0.2, 0.25) is 5.15 Å². The van der Waals surface area contributed by atoms with Crippen LogP contribution in [0.3, 0.4) is 0 Å². The van der Waals surface area contributed by atoms with Crippen molar-refractivity contribution in [3.05, 3.63) is 53.3 Å². The molecule has 1 amide bonds. The van der Waals surface area contributed by atoms with E-state index in [1.807, 2.05) is 24.3 Å². The molecule has 0 fully saturated rings. The van der Waals surface area contributed by atoms with Crippen molar-refractivity contribution in [1.82, 2.24) is 25.2 Å². The monoisotopic (exact) mass is 356 g/mol. The van der Waals surface area contributed by atoms with Crippen LogP contribution in [0.15, 0.2) is 42.6 Å². The van der Waals surface area contributed by atoms with Crippen molar-refractivity contribution < 1.29 is 4.79 Å². The van der Waals surface area contributed by atoms with Crippen LogP contribution in [0.4, 0.5) is 5.69 Å². The van der Waals surface area contributed by atoms with Gasteiger partial charge in [0.05, 0.1) is 5.69 Å². The molecule has 128 valence electrons. The second-order valence-electron chi connectivity index (χ2n) is 5.81. The Morgan fingerprint density at radius 2 is 2.00 bits per heavy atom. The van der Waals surface area contributed by atoms with Gasteiger partial charge in [-0.15, -0.1) is 10.2 Å². The molecule has 8 heteroatoms. The smallest absolute Gasteiger partial charge is 0.248 e. The fourth-order valence-electron chi connectivity index (χ4n) is 2.24. The molecule has 2 aromatic heterocycles. The van der Waals surface area contributed by atoms with Crippen molar-refractivity contribution >= 4 is 23.2 Å². The molecule has 2 heterocycles. The van der Waals surface area contributed by atoms with Gasteiger partial charge >= 0.3 is 0 Å². The van der Waals surface area contributed by atoms with Crippen LogP contribution in [0.25, 0.3) is 11.4 Å². The first-order valence-electron chi connectivity index (χ1n) is 7.81. The van der Waals surface area contributed by atoms with Gasteiger partial charge in [0.25, 0.3) is 0 Å². The molecule has 0 aliphatic rings. The van der Waals surface area contributed by atoms with Crippen LogP contribution in [-0.2, 0) is 11.3 Å². The van der Waals surface area contributed by atoms with E-state index in [1.165, 1.54) is 10.4 Å². The summed E-state index contributed by atoms with van der Waals surface area (Å²) in [6.07, 6.45) is 1.55. The summed E-state index contributed by atoms with van der Waals surface area (Å²) in [6, 6.07) is 11.3.